The fourth-order valence-corrected chi connectivity index (χ4v) is 7.17. The first-order valence-corrected chi connectivity index (χ1v) is 9.24. The SMILES string of the molecule is CC1=C2CCCC[C@]2(C)[C@H]2CC[C@]3(C)CCC[C@H]3[C@@H]2C1. The topological polar surface area (TPSA) is 0 Å². The summed E-state index contributed by atoms with van der Waals surface area (Å²) >= 11 is 0. The van der Waals surface area contributed by atoms with Gasteiger partial charge in [0.05, 0.1) is 0 Å². The van der Waals surface area contributed by atoms with Crippen molar-refractivity contribution >= 4 is 0 Å². The molecule has 0 heterocycles. The summed E-state index contributed by atoms with van der Waals surface area (Å²) in [6, 6.07) is 0. The molecule has 3 saturated carbocycles. The summed E-state index contributed by atoms with van der Waals surface area (Å²) in [5, 5.41) is 0. The van der Waals surface area contributed by atoms with E-state index in [0.29, 0.717) is 10.8 Å². The van der Waals surface area contributed by atoms with Crippen molar-refractivity contribution in [3.05, 3.63) is 11.1 Å². The van der Waals surface area contributed by atoms with Crippen LogP contribution in [-0.2, 0) is 0 Å². The molecule has 4 aliphatic carbocycles. The van der Waals surface area contributed by atoms with E-state index in [1.165, 1.54) is 64.2 Å². The number of allylic oxidation sites excluding steroid dienone is 2. The van der Waals surface area contributed by atoms with E-state index in [4.69, 9.17) is 0 Å². The molecule has 4 rings (SSSR count). The lowest BCUT2D eigenvalue weighted by Gasteiger charge is -2.58. The van der Waals surface area contributed by atoms with Crippen LogP contribution in [0.4, 0.5) is 0 Å². The van der Waals surface area contributed by atoms with E-state index in [1.807, 2.05) is 11.1 Å². The smallest absolute Gasteiger partial charge is 0.00827 e. The number of hydrogen-bond acceptors (Lipinski definition) is 0. The summed E-state index contributed by atoms with van der Waals surface area (Å²) in [4.78, 5) is 0. The molecule has 0 aromatic rings. The molecule has 0 amide bonds. The van der Waals surface area contributed by atoms with Gasteiger partial charge in [-0.25, -0.2) is 0 Å². The monoisotopic (exact) mass is 272 g/mol. The molecule has 4 aliphatic rings. The molecular weight excluding hydrogens is 240 g/mol. The molecule has 0 nitrogen and oxygen atoms in total. The average molecular weight is 272 g/mol. The zero-order valence-electron chi connectivity index (χ0n) is 13.8. The molecule has 20 heavy (non-hydrogen) atoms. The molecule has 5 atom stereocenters. The lowest BCUT2D eigenvalue weighted by Crippen LogP contribution is -2.49. The van der Waals surface area contributed by atoms with Gasteiger partial charge < -0.3 is 0 Å². The van der Waals surface area contributed by atoms with Gasteiger partial charge in [0.15, 0.2) is 0 Å². The number of fused-ring (bicyclic) bond motifs is 5. The van der Waals surface area contributed by atoms with Crippen LogP contribution in [0, 0.1) is 28.6 Å². The quantitative estimate of drug-likeness (QED) is 0.466. The van der Waals surface area contributed by atoms with Crippen molar-refractivity contribution in [1.82, 2.24) is 0 Å². The van der Waals surface area contributed by atoms with Crippen LogP contribution in [0.1, 0.15) is 85.0 Å². The Kier molecular flexibility index (Phi) is 2.93. The minimum absolute atomic E-state index is 0.592. The van der Waals surface area contributed by atoms with Gasteiger partial charge in [0.1, 0.15) is 0 Å². The van der Waals surface area contributed by atoms with E-state index in [-0.39, 0.29) is 0 Å². The fraction of sp³-hybridized carbons (Fsp3) is 0.900. The molecule has 0 bridgehead atoms. The van der Waals surface area contributed by atoms with E-state index >= 15 is 0 Å². The third-order valence-electron chi connectivity index (χ3n) is 8.16. The van der Waals surface area contributed by atoms with Crippen molar-refractivity contribution in [2.24, 2.45) is 28.6 Å². The van der Waals surface area contributed by atoms with E-state index < -0.39 is 0 Å². The normalized spacial score (nSPS) is 51.5. The molecule has 0 radical (unpaired) electrons. The van der Waals surface area contributed by atoms with Crippen LogP contribution in [0.15, 0.2) is 11.1 Å². The minimum Gasteiger partial charge on any atom is -0.0733 e. The maximum atomic E-state index is 2.65. The predicted molar refractivity (Wildman–Crippen MR) is 85.6 cm³/mol. The van der Waals surface area contributed by atoms with Gasteiger partial charge in [-0.3, -0.25) is 0 Å². The van der Waals surface area contributed by atoms with Gasteiger partial charge in [0.25, 0.3) is 0 Å². The van der Waals surface area contributed by atoms with Crippen molar-refractivity contribution in [3.63, 3.8) is 0 Å². The van der Waals surface area contributed by atoms with Crippen LogP contribution in [0.3, 0.4) is 0 Å². The van der Waals surface area contributed by atoms with Gasteiger partial charge in [-0.15, -0.1) is 0 Å². The van der Waals surface area contributed by atoms with E-state index in [1.54, 1.807) is 0 Å². The van der Waals surface area contributed by atoms with Gasteiger partial charge >= 0.3 is 0 Å². The molecule has 0 spiro atoms. The maximum absolute atomic E-state index is 2.65. The lowest BCUT2D eigenvalue weighted by atomic mass is 9.47. The Bertz CT molecular complexity index is 445. The Labute approximate surface area is 125 Å². The molecular formula is C20H32. The van der Waals surface area contributed by atoms with Crippen LogP contribution >= 0.6 is 0 Å². The Balaban J connectivity index is 1.74. The van der Waals surface area contributed by atoms with E-state index in [9.17, 15) is 0 Å². The zero-order valence-corrected chi connectivity index (χ0v) is 13.8. The van der Waals surface area contributed by atoms with Crippen molar-refractivity contribution in [3.8, 4) is 0 Å². The van der Waals surface area contributed by atoms with Crippen LogP contribution in [-0.4, -0.2) is 0 Å². The molecule has 0 aromatic carbocycles. The summed E-state index contributed by atoms with van der Waals surface area (Å²) in [5.74, 6) is 3.11. The van der Waals surface area contributed by atoms with Gasteiger partial charge in [-0.2, -0.15) is 0 Å². The van der Waals surface area contributed by atoms with Gasteiger partial charge in [0.2, 0.25) is 0 Å². The second-order valence-electron chi connectivity index (χ2n) is 9.05. The molecule has 0 N–H and O–H groups in total. The van der Waals surface area contributed by atoms with Gasteiger partial charge in [0, 0.05) is 0 Å². The van der Waals surface area contributed by atoms with Crippen LogP contribution in [0.5, 0.6) is 0 Å². The van der Waals surface area contributed by atoms with Gasteiger partial charge in [-0.05, 0) is 86.9 Å². The zero-order chi connectivity index (χ0) is 14.0. The Morgan fingerprint density at radius 1 is 0.900 bits per heavy atom. The molecule has 0 aromatic heterocycles. The Hall–Kier alpha value is -0.260. The average Bonchev–Trinajstić information content (AvgIpc) is 2.81. The van der Waals surface area contributed by atoms with Crippen molar-refractivity contribution in [2.45, 2.75) is 85.0 Å². The highest BCUT2D eigenvalue weighted by atomic mass is 14.6. The largest absolute Gasteiger partial charge is 0.0733 e. The highest BCUT2D eigenvalue weighted by Gasteiger charge is 2.55. The molecule has 3 fully saturated rings. The summed E-state index contributed by atoms with van der Waals surface area (Å²) in [6.07, 6.45) is 14.9. The highest BCUT2D eigenvalue weighted by molar-refractivity contribution is 5.29. The van der Waals surface area contributed by atoms with Crippen LogP contribution in [0.2, 0.25) is 0 Å². The molecule has 112 valence electrons. The Morgan fingerprint density at radius 3 is 2.60 bits per heavy atom. The summed E-state index contributed by atoms with van der Waals surface area (Å²) in [6.45, 7) is 7.76. The summed E-state index contributed by atoms with van der Waals surface area (Å²) in [7, 11) is 0. The van der Waals surface area contributed by atoms with Crippen molar-refractivity contribution < 1.29 is 0 Å². The minimum atomic E-state index is 0.592. The second-order valence-corrected chi connectivity index (χ2v) is 9.05. The number of hydrogen-bond donors (Lipinski definition) is 0. The lowest BCUT2D eigenvalue weighted by molar-refractivity contribution is -0.0276. The predicted octanol–water partition coefficient (Wildman–Crippen LogP) is 6.12. The van der Waals surface area contributed by atoms with Crippen molar-refractivity contribution in [1.29, 1.82) is 0 Å². The summed E-state index contributed by atoms with van der Waals surface area (Å²) in [5.41, 5.74) is 5.02. The van der Waals surface area contributed by atoms with Gasteiger partial charge in [-0.1, -0.05) is 37.8 Å². The molecule has 0 heteroatoms. The highest BCUT2D eigenvalue weighted by Crippen LogP contribution is 2.65. The molecule has 0 saturated heterocycles. The molecule has 0 aliphatic heterocycles. The third kappa shape index (κ3) is 1.66. The molecule has 0 unspecified atom stereocenters. The first-order valence-electron chi connectivity index (χ1n) is 9.24. The first kappa shape index (κ1) is 13.4. The number of rotatable bonds is 0. The second kappa shape index (κ2) is 4.37. The van der Waals surface area contributed by atoms with Crippen molar-refractivity contribution in [2.75, 3.05) is 0 Å². The van der Waals surface area contributed by atoms with Crippen LogP contribution < -0.4 is 0 Å². The standard InChI is InChI=1S/C20H32/c1-14-13-15-17-8-6-10-19(17,2)12-9-18(15)20(3)11-5-4-7-16(14)20/h15,17-18H,4-13H2,1-3H3/t15-,17-,18-,19-,20-/m0/s1. The Morgan fingerprint density at radius 2 is 1.75 bits per heavy atom. The van der Waals surface area contributed by atoms with E-state index in [0.717, 1.165) is 17.8 Å². The van der Waals surface area contributed by atoms with Crippen LogP contribution in [0.25, 0.3) is 0 Å². The fourth-order valence-electron chi connectivity index (χ4n) is 7.17. The maximum Gasteiger partial charge on any atom is -0.00827 e. The van der Waals surface area contributed by atoms with E-state index in [2.05, 4.69) is 20.8 Å². The third-order valence-corrected chi connectivity index (χ3v) is 8.16. The first-order chi connectivity index (χ1) is 9.55. The summed E-state index contributed by atoms with van der Waals surface area (Å²) < 4.78 is 0.